The van der Waals surface area contributed by atoms with Crippen LogP contribution in [0.15, 0.2) is 42.6 Å². The average molecular weight is 506 g/mol. The maximum absolute atomic E-state index is 14.0. The largest absolute Gasteiger partial charge is 0.497 e. The number of halogens is 3. The van der Waals surface area contributed by atoms with Crippen LogP contribution in [0.25, 0.3) is 0 Å². The van der Waals surface area contributed by atoms with E-state index in [0.717, 1.165) is 10.9 Å². The minimum Gasteiger partial charge on any atom is -0.497 e. The fourth-order valence-corrected chi connectivity index (χ4v) is 4.16. The smallest absolute Gasteiger partial charge is 0.410 e. The molecular weight excluding hydrogens is 481 g/mol. The molecule has 2 heterocycles. The van der Waals surface area contributed by atoms with Crippen molar-refractivity contribution in [1.82, 2.24) is 9.78 Å². The summed E-state index contributed by atoms with van der Waals surface area (Å²) in [6.07, 6.45) is -3.77. The van der Waals surface area contributed by atoms with Crippen LogP contribution in [0.1, 0.15) is 34.4 Å². The number of methoxy groups -OCH3 is 4. The van der Waals surface area contributed by atoms with E-state index < -0.39 is 24.2 Å². The molecule has 12 heteroatoms. The first-order chi connectivity index (χ1) is 17.2. The number of anilines is 2. The van der Waals surface area contributed by atoms with Crippen molar-refractivity contribution in [1.29, 1.82) is 0 Å². The second kappa shape index (κ2) is 9.88. The Hall–Kier alpha value is -4.09. The summed E-state index contributed by atoms with van der Waals surface area (Å²) in [6.45, 7) is 0. The van der Waals surface area contributed by atoms with E-state index in [4.69, 9.17) is 18.9 Å². The molecule has 4 rings (SSSR count). The molecule has 0 saturated carbocycles. The van der Waals surface area contributed by atoms with Crippen LogP contribution in [0, 0.1) is 0 Å². The highest BCUT2D eigenvalue weighted by atomic mass is 19.4. The minimum absolute atomic E-state index is 0.0404. The van der Waals surface area contributed by atoms with Crippen LogP contribution in [0.3, 0.4) is 0 Å². The summed E-state index contributed by atoms with van der Waals surface area (Å²) in [5.74, 6) is 0.746. The molecule has 1 aliphatic heterocycles. The summed E-state index contributed by atoms with van der Waals surface area (Å²) >= 11 is 0. The number of ether oxygens (including phenoxy) is 4. The fraction of sp³-hybridized carbons (Fsp3) is 0.333. The van der Waals surface area contributed by atoms with Gasteiger partial charge in [0.1, 0.15) is 17.1 Å². The number of carbonyl (C=O) groups is 1. The van der Waals surface area contributed by atoms with Gasteiger partial charge in [0.15, 0.2) is 17.5 Å². The zero-order chi connectivity index (χ0) is 26.0. The molecule has 0 aliphatic carbocycles. The van der Waals surface area contributed by atoms with Crippen molar-refractivity contribution in [3.63, 3.8) is 0 Å². The number of rotatable bonds is 7. The van der Waals surface area contributed by atoms with Crippen LogP contribution in [0.5, 0.6) is 23.0 Å². The third kappa shape index (κ3) is 4.70. The number of nitrogens with one attached hydrogen (secondary N) is 2. The topological polar surface area (TPSA) is 95.9 Å². The number of amides is 1. The van der Waals surface area contributed by atoms with E-state index in [2.05, 4.69) is 15.7 Å². The molecule has 0 spiro atoms. The molecule has 192 valence electrons. The van der Waals surface area contributed by atoms with Crippen LogP contribution >= 0.6 is 0 Å². The molecule has 1 amide bonds. The van der Waals surface area contributed by atoms with Gasteiger partial charge < -0.3 is 29.6 Å². The summed E-state index contributed by atoms with van der Waals surface area (Å²) in [4.78, 5) is 13.2. The molecule has 1 aromatic heterocycles. The van der Waals surface area contributed by atoms with Crippen molar-refractivity contribution in [2.24, 2.45) is 0 Å². The average Bonchev–Trinajstić information content (AvgIpc) is 3.31. The van der Waals surface area contributed by atoms with E-state index in [1.54, 1.807) is 24.3 Å². The molecule has 36 heavy (non-hydrogen) atoms. The first kappa shape index (κ1) is 25.0. The van der Waals surface area contributed by atoms with Gasteiger partial charge in [-0.2, -0.15) is 18.3 Å². The first-order valence-electron chi connectivity index (χ1n) is 10.9. The van der Waals surface area contributed by atoms with Gasteiger partial charge in [-0.05, 0) is 17.7 Å². The quantitative estimate of drug-likeness (QED) is 0.474. The number of aromatic nitrogens is 2. The van der Waals surface area contributed by atoms with Crippen molar-refractivity contribution in [3.05, 3.63) is 53.7 Å². The normalized spacial score (nSPS) is 17.0. The lowest BCUT2D eigenvalue weighted by molar-refractivity contribution is -0.173. The molecule has 2 aromatic carbocycles. The number of hydrogen-bond acceptors (Lipinski definition) is 7. The summed E-state index contributed by atoms with van der Waals surface area (Å²) in [5.41, 5.74) is 0.833. The van der Waals surface area contributed by atoms with Crippen LogP contribution < -0.4 is 29.6 Å². The van der Waals surface area contributed by atoms with Gasteiger partial charge in [0.25, 0.3) is 5.91 Å². The molecule has 2 unspecified atom stereocenters. The van der Waals surface area contributed by atoms with Crippen molar-refractivity contribution in [3.8, 4) is 23.0 Å². The van der Waals surface area contributed by atoms with Gasteiger partial charge in [-0.25, -0.2) is 4.68 Å². The molecular formula is C24H25F3N4O5. The number of nitrogens with zero attached hydrogens (tertiary/aromatic N) is 2. The maximum atomic E-state index is 14.0. The Morgan fingerprint density at radius 3 is 2.33 bits per heavy atom. The molecule has 1 aliphatic rings. The van der Waals surface area contributed by atoms with E-state index >= 15 is 0 Å². The van der Waals surface area contributed by atoms with Crippen molar-refractivity contribution >= 4 is 17.4 Å². The van der Waals surface area contributed by atoms with Crippen LogP contribution in [0.4, 0.5) is 24.7 Å². The maximum Gasteiger partial charge on any atom is 0.410 e. The summed E-state index contributed by atoms with van der Waals surface area (Å²) in [7, 11) is 5.78. The molecule has 0 saturated heterocycles. The van der Waals surface area contributed by atoms with Gasteiger partial charge in [-0.15, -0.1) is 0 Å². The van der Waals surface area contributed by atoms with Gasteiger partial charge >= 0.3 is 6.18 Å². The van der Waals surface area contributed by atoms with Crippen molar-refractivity contribution < 1.29 is 36.9 Å². The van der Waals surface area contributed by atoms with Crippen LogP contribution in [0.2, 0.25) is 0 Å². The van der Waals surface area contributed by atoms with Gasteiger partial charge in [-0.3, -0.25) is 4.79 Å². The first-order valence-corrected chi connectivity index (χ1v) is 10.9. The number of fused-ring (bicyclic) bond motifs is 1. The third-order valence-corrected chi connectivity index (χ3v) is 5.90. The zero-order valence-corrected chi connectivity index (χ0v) is 20.0. The summed E-state index contributed by atoms with van der Waals surface area (Å²) < 4.78 is 63.9. The second-order valence-corrected chi connectivity index (χ2v) is 7.99. The number of carbonyl (C=O) groups excluding carboxylic acids is 1. The predicted molar refractivity (Wildman–Crippen MR) is 125 cm³/mol. The van der Waals surface area contributed by atoms with Gasteiger partial charge in [0, 0.05) is 24.2 Å². The SMILES string of the molecule is COc1cccc(C2CC(C(F)(F)F)n3ncc(C(=O)Nc4cc(OC)c(OC)c(OC)c4)c3N2)c1. The lowest BCUT2D eigenvalue weighted by Gasteiger charge is -2.34. The zero-order valence-electron chi connectivity index (χ0n) is 20.0. The standard InChI is InChI=1S/C24H25F3N4O5/c1-33-15-7-5-6-13(8-15)17-11-20(24(25,26)27)31-22(30-17)16(12-28-31)23(32)29-14-9-18(34-2)21(36-4)19(10-14)35-3/h5-10,12,17,20,30H,11H2,1-4H3,(H,29,32). The summed E-state index contributed by atoms with van der Waals surface area (Å²) in [5, 5.41) is 9.64. The fourth-order valence-electron chi connectivity index (χ4n) is 4.16. The van der Waals surface area contributed by atoms with E-state index in [-0.39, 0.29) is 17.8 Å². The third-order valence-electron chi connectivity index (χ3n) is 5.90. The lowest BCUT2D eigenvalue weighted by atomic mass is 9.96. The minimum atomic E-state index is -4.58. The van der Waals surface area contributed by atoms with Crippen LogP contribution in [-0.4, -0.2) is 50.3 Å². The molecule has 9 nitrogen and oxygen atoms in total. The molecule has 2 N–H and O–H groups in total. The Morgan fingerprint density at radius 1 is 1.06 bits per heavy atom. The van der Waals surface area contributed by atoms with Crippen molar-refractivity contribution in [2.75, 3.05) is 39.1 Å². The van der Waals surface area contributed by atoms with E-state index in [0.29, 0.717) is 34.2 Å². The van der Waals surface area contributed by atoms with Gasteiger partial charge in [-0.1, -0.05) is 12.1 Å². The van der Waals surface area contributed by atoms with Crippen molar-refractivity contribution in [2.45, 2.75) is 24.7 Å². The molecule has 3 aromatic rings. The Bertz CT molecular complexity index is 1240. The molecule has 0 radical (unpaired) electrons. The Labute approximate surface area is 205 Å². The van der Waals surface area contributed by atoms with Gasteiger partial charge in [0.05, 0.1) is 40.7 Å². The van der Waals surface area contributed by atoms with Gasteiger partial charge in [0.2, 0.25) is 5.75 Å². The Morgan fingerprint density at radius 2 is 1.75 bits per heavy atom. The second-order valence-electron chi connectivity index (χ2n) is 7.99. The van der Waals surface area contributed by atoms with E-state index in [1.165, 1.54) is 40.6 Å². The monoisotopic (exact) mass is 506 g/mol. The van der Waals surface area contributed by atoms with E-state index in [1.807, 2.05) is 0 Å². The lowest BCUT2D eigenvalue weighted by Crippen LogP contribution is -2.36. The predicted octanol–water partition coefficient (Wildman–Crippen LogP) is 4.83. The highest BCUT2D eigenvalue weighted by Gasteiger charge is 2.47. The number of hydrogen-bond donors (Lipinski definition) is 2. The highest BCUT2D eigenvalue weighted by Crippen LogP contribution is 2.45. The Balaban J connectivity index is 1.69. The number of alkyl halides is 3. The van der Waals surface area contributed by atoms with Crippen LogP contribution in [-0.2, 0) is 0 Å². The molecule has 0 fully saturated rings. The molecule has 2 atom stereocenters. The Kier molecular flexibility index (Phi) is 6.86. The highest BCUT2D eigenvalue weighted by molar-refractivity contribution is 6.07. The summed E-state index contributed by atoms with van der Waals surface area (Å²) in [6, 6.07) is 7.13. The number of benzene rings is 2. The van der Waals surface area contributed by atoms with E-state index in [9.17, 15) is 18.0 Å². The molecule has 0 bridgehead atoms.